The zero-order valence-electron chi connectivity index (χ0n) is 13.0. The van der Waals surface area contributed by atoms with Gasteiger partial charge in [-0.05, 0) is 36.4 Å². The van der Waals surface area contributed by atoms with Crippen LogP contribution in [0.3, 0.4) is 0 Å². The number of carbonyl (C=O) groups excluding carboxylic acids is 1. The Kier molecular flexibility index (Phi) is 5.17. The molecule has 0 aliphatic rings. The lowest BCUT2D eigenvalue weighted by molar-refractivity contribution is -0.117. The lowest BCUT2D eigenvalue weighted by Gasteiger charge is -2.01. The number of amides is 1. The number of hydrogen-bond acceptors (Lipinski definition) is 4. The SMILES string of the molecule is N#C/C(=C\c1ccc(-c2cccc(Br)c2)o1)C(=O)NCc1ccco1. The molecule has 5 nitrogen and oxygen atoms in total. The first kappa shape index (κ1) is 16.8. The van der Waals surface area contributed by atoms with Crippen LogP contribution in [0.15, 0.2) is 73.7 Å². The van der Waals surface area contributed by atoms with Gasteiger partial charge >= 0.3 is 0 Å². The molecule has 1 aromatic carbocycles. The molecule has 0 spiro atoms. The van der Waals surface area contributed by atoms with Gasteiger partial charge in [0.05, 0.1) is 12.8 Å². The van der Waals surface area contributed by atoms with Crippen LogP contribution < -0.4 is 5.32 Å². The van der Waals surface area contributed by atoms with Crippen molar-refractivity contribution in [3.05, 3.63) is 76.4 Å². The van der Waals surface area contributed by atoms with E-state index in [1.807, 2.05) is 30.3 Å². The molecule has 0 saturated heterocycles. The van der Waals surface area contributed by atoms with Crippen LogP contribution in [0, 0.1) is 11.3 Å². The third kappa shape index (κ3) is 4.28. The summed E-state index contributed by atoms with van der Waals surface area (Å²) in [4.78, 5) is 12.1. The molecule has 1 amide bonds. The Labute approximate surface area is 152 Å². The molecule has 0 saturated carbocycles. The molecule has 2 aromatic heterocycles. The van der Waals surface area contributed by atoms with E-state index in [1.165, 1.54) is 12.3 Å². The maximum Gasteiger partial charge on any atom is 0.262 e. The Morgan fingerprint density at radius 3 is 2.84 bits per heavy atom. The standard InChI is InChI=1S/C19H13BrN2O3/c20-15-4-1-3-13(9-15)18-7-6-16(25-18)10-14(11-21)19(23)22-12-17-5-2-8-24-17/h1-10H,12H2,(H,22,23)/b14-10+. The first-order valence-electron chi connectivity index (χ1n) is 7.44. The molecule has 124 valence electrons. The normalized spacial score (nSPS) is 11.1. The second-order valence-electron chi connectivity index (χ2n) is 5.14. The van der Waals surface area contributed by atoms with Crippen molar-refractivity contribution in [3.63, 3.8) is 0 Å². The summed E-state index contributed by atoms with van der Waals surface area (Å²) in [6.07, 6.45) is 2.94. The molecule has 0 bridgehead atoms. The van der Waals surface area contributed by atoms with E-state index in [1.54, 1.807) is 24.3 Å². The largest absolute Gasteiger partial charge is 0.467 e. The predicted octanol–water partition coefficient (Wildman–Crippen LogP) is 4.53. The number of furan rings is 2. The van der Waals surface area contributed by atoms with Crippen LogP contribution in [0.4, 0.5) is 0 Å². The minimum absolute atomic E-state index is 0.0401. The third-order valence-corrected chi connectivity index (χ3v) is 3.88. The number of hydrogen-bond donors (Lipinski definition) is 1. The van der Waals surface area contributed by atoms with Crippen molar-refractivity contribution in [2.24, 2.45) is 0 Å². The average Bonchev–Trinajstić information content (AvgIpc) is 3.29. The van der Waals surface area contributed by atoms with E-state index in [4.69, 9.17) is 8.83 Å². The maximum atomic E-state index is 12.1. The van der Waals surface area contributed by atoms with E-state index in [0.29, 0.717) is 17.3 Å². The highest BCUT2D eigenvalue weighted by molar-refractivity contribution is 9.10. The van der Waals surface area contributed by atoms with Gasteiger partial charge in [-0.25, -0.2) is 0 Å². The second kappa shape index (κ2) is 7.69. The maximum absolute atomic E-state index is 12.1. The van der Waals surface area contributed by atoms with Crippen LogP contribution in [-0.4, -0.2) is 5.91 Å². The van der Waals surface area contributed by atoms with Crippen molar-refractivity contribution >= 4 is 27.9 Å². The Morgan fingerprint density at radius 1 is 1.24 bits per heavy atom. The van der Waals surface area contributed by atoms with Crippen LogP contribution in [0.2, 0.25) is 0 Å². The Bertz CT molecular complexity index is 949. The number of benzene rings is 1. The Morgan fingerprint density at radius 2 is 2.12 bits per heavy atom. The first-order chi connectivity index (χ1) is 12.2. The van der Waals surface area contributed by atoms with Crippen LogP contribution in [0.25, 0.3) is 17.4 Å². The van der Waals surface area contributed by atoms with Gasteiger partial charge in [-0.15, -0.1) is 0 Å². The van der Waals surface area contributed by atoms with Crippen LogP contribution in [-0.2, 0) is 11.3 Å². The Balaban J connectivity index is 1.74. The highest BCUT2D eigenvalue weighted by Gasteiger charge is 2.11. The highest BCUT2D eigenvalue weighted by Crippen LogP contribution is 2.25. The number of nitriles is 1. The van der Waals surface area contributed by atoms with E-state index < -0.39 is 5.91 Å². The first-order valence-corrected chi connectivity index (χ1v) is 8.23. The van der Waals surface area contributed by atoms with Crippen molar-refractivity contribution in [2.45, 2.75) is 6.54 Å². The third-order valence-electron chi connectivity index (χ3n) is 3.39. The van der Waals surface area contributed by atoms with Gasteiger partial charge in [-0.1, -0.05) is 28.1 Å². The molecular formula is C19H13BrN2O3. The molecule has 3 rings (SSSR count). The van der Waals surface area contributed by atoms with Crippen LogP contribution >= 0.6 is 15.9 Å². The molecule has 3 aromatic rings. The molecule has 1 N–H and O–H groups in total. The summed E-state index contributed by atoms with van der Waals surface area (Å²) in [5.41, 5.74) is 0.858. The van der Waals surface area contributed by atoms with Crippen molar-refractivity contribution in [2.75, 3.05) is 0 Å². The van der Waals surface area contributed by atoms with Crippen LogP contribution in [0.1, 0.15) is 11.5 Å². The van der Waals surface area contributed by atoms with Crippen molar-refractivity contribution < 1.29 is 13.6 Å². The van der Waals surface area contributed by atoms with Crippen molar-refractivity contribution in [3.8, 4) is 17.4 Å². The van der Waals surface area contributed by atoms with Gasteiger partial charge < -0.3 is 14.2 Å². The van der Waals surface area contributed by atoms with Gasteiger partial charge in [0.15, 0.2) is 0 Å². The highest BCUT2D eigenvalue weighted by atomic mass is 79.9. The van der Waals surface area contributed by atoms with E-state index >= 15 is 0 Å². The number of nitrogens with one attached hydrogen (secondary N) is 1. The van der Waals surface area contributed by atoms with Gasteiger partial charge in [0, 0.05) is 16.1 Å². The number of carbonyl (C=O) groups is 1. The lowest BCUT2D eigenvalue weighted by atomic mass is 10.2. The number of nitrogens with zero attached hydrogens (tertiary/aromatic N) is 1. The molecule has 0 aliphatic heterocycles. The molecule has 0 unspecified atom stereocenters. The summed E-state index contributed by atoms with van der Waals surface area (Å²) in [5, 5.41) is 11.9. The van der Waals surface area contributed by atoms with Gasteiger partial charge in [0.25, 0.3) is 5.91 Å². The lowest BCUT2D eigenvalue weighted by Crippen LogP contribution is -2.23. The fraction of sp³-hybridized carbons (Fsp3) is 0.0526. The van der Waals surface area contributed by atoms with Gasteiger partial charge in [-0.3, -0.25) is 4.79 Å². The molecule has 0 atom stereocenters. The van der Waals surface area contributed by atoms with Gasteiger partial charge in [0.1, 0.15) is 28.9 Å². The monoisotopic (exact) mass is 396 g/mol. The molecule has 0 aliphatic carbocycles. The Hall–Kier alpha value is -3.04. The second-order valence-corrected chi connectivity index (χ2v) is 6.06. The van der Waals surface area contributed by atoms with Crippen molar-refractivity contribution in [1.82, 2.24) is 5.32 Å². The van der Waals surface area contributed by atoms with E-state index in [0.717, 1.165) is 10.0 Å². The van der Waals surface area contributed by atoms with Crippen LogP contribution in [0.5, 0.6) is 0 Å². The van der Waals surface area contributed by atoms with E-state index in [2.05, 4.69) is 21.2 Å². The fourth-order valence-corrected chi connectivity index (χ4v) is 2.59. The summed E-state index contributed by atoms with van der Waals surface area (Å²) >= 11 is 3.41. The van der Waals surface area contributed by atoms with E-state index in [-0.39, 0.29) is 12.1 Å². The molecule has 25 heavy (non-hydrogen) atoms. The molecule has 6 heteroatoms. The summed E-state index contributed by atoms with van der Waals surface area (Å²) < 4.78 is 11.8. The molecule has 0 radical (unpaired) electrons. The van der Waals surface area contributed by atoms with Crippen molar-refractivity contribution in [1.29, 1.82) is 5.26 Å². The average molecular weight is 397 g/mol. The molecule has 0 fully saturated rings. The number of rotatable bonds is 5. The zero-order chi connectivity index (χ0) is 17.6. The molecular weight excluding hydrogens is 384 g/mol. The summed E-state index contributed by atoms with van der Waals surface area (Å²) in [5.74, 6) is 1.21. The topological polar surface area (TPSA) is 79.2 Å². The quantitative estimate of drug-likeness (QED) is 0.507. The van der Waals surface area contributed by atoms with Gasteiger partial charge in [-0.2, -0.15) is 5.26 Å². The fourth-order valence-electron chi connectivity index (χ4n) is 2.19. The minimum atomic E-state index is -0.487. The molecule has 2 heterocycles. The predicted molar refractivity (Wildman–Crippen MR) is 96.0 cm³/mol. The number of halogens is 1. The minimum Gasteiger partial charge on any atom is -0.467 e. The van der Waals surface area contributed by atoms with E-state index in [9.17, 15) is 10.1 Å². The zero-order valence-corrected chi connectivity index (χ0v) is 14.6. The summed E-state index contributed by atoms with van der Waals surface area (Å²) in [6, 6.07) is 16.5. The smallest absolute Gasteiger partial charge is 0.262 e. The summed E-state index contributed by atoms with van der Waals surface area (Å²) in [6.45, 7) is 0.215. The van der Waals surface area contributed by atoms with Gasteiger partial charge in [0.2, 0.25) is 0 Å². The summed E-state index contributed by atoms with van der Waals surface area (Å²) in [7, 11) is 0.